The molecule has 1 atom stereocenters. The third-order valence-corrected chi connectivity index (χ3v) is 5.01. The van der Waals surface area contributed by atoms with Crippen LogP contribution in [0.3, 0.4) is 0 Å². The van der Waals surface area contributed by atoms with Gasteiger partial charge in [0.15, 0.2) is 0 Å². The standard InChI is InChI=1S/C17H26O2/c1-11-5-8-15(9-6-11)17(19-18)16-10-7-12(2)13(3)14(16)4/h7,10-11,15,17-18H,5-6,8-9H2,1-4H3. The van der Waals surface area contributed by atoms with Crippen molar-refractivity contribution in [3.63, 3.8) is 0 Å². The molecule has 0 aliphatic heterocycles. The maximum absolute atomic E-state index is 9.38. The second-order valence-electron chi connectivity index (χ2n) is 6.27. The molecular weight excluding hydrogens is 236 g/mol. The van der Waals surface area contributed by atoms with Crippen molar-refractivity contribution >= 4 is 0 Å². The van der Waals surface area contributed by atoms with E-state index in [0.29, 0.717) is 5.92 Å². The first-order valence-corrected chi connectivity index (χ1v) is 7.41. The summed E-state index contributed by atoms with van der Waals surface area (Å²) >= 11 is 0. The Morgan fingerprint density at radius 3 is 2.26 bits per heavy atom. The van der Waals surface area contributed by atoms with Gasteiger partial charge in [-0.05, 0) is 67.7 Å². The van der Waals surface area contributed by atoms with Crippen LogP contribution in [0, 0.1) is 32.6 Å². The van der Waals surface area contributed by atoms with Gasteiger partial charge in [0.25, 0.3) is 0 Å². The predicted octanol–water partition coefficient (Wildman–Crippen LogP) is 4.97. The Morgan fingerprint density at radius 1 is 1.05 bits per heavy atom. The Hall–Kier alpha value is -0.860. The van der Waals surface area contributed by atoms with E-state index in [2.05, 4.69) is 39.8 Å². The number of hydrogen-bond donors (Lipinski definition) is 1. The Bertz CT molecular complexity index is 431. The highest BCUT2D eigenvalue weighted by Crippen LogP contribution is 2.40. The van der Waals surface area contributed by atoms with Crippen LogP contribution < -0.4 is 0 Å². The van der Waals surface area contributed by atoms with Crippen LogP contribution in [0.2, 0.25) is 0 Å². The van der Waals surface area contributed by atoms with E-state index in [-0.39, 0.29) is 6.10 Å². The molecule has 0 heterocycles. The normalized spacial score (nSPS) is 25.3. The van der Waals surface area contributed by atoms with Gasteiger partial charge < -0.3 is 0 Å². The Morgan fingerprint density at radius 2 is 1.68 bits per heavy atom. The van der Waals surface area contributed by atoms with Gasteiger partial charge in [0.2, 0.25) is 0 Å². The van der Waals surface area contributed by atoms with Gasteiger partial charge >= 0.3 is 0 Å². The molecule has 2 rings (SSSR count). The average Bonchev–Trinajstić information content (AvgIpc) is 2.41. The zero-order valence-electron chi connectivity index (χ0n) is 12.6. The molecular formula is C17H26O2. The summed E-state index contributed by atoms with van der Waals surface area (Å²) in [6.07, 6.45) is 4.63. The molecule has 1 saturated carbocycles. The van der Waals surface area contributed by atoms with Crippen LogP contribution in [0.1, 0.15) is 61.0 Å². The Labute approximate surface area is 116 Å². The molecule has 1 aliphatic rings. The van der Waals surface area contributed by atoms with Gasteiger partial charge in [-0.2, -0.15) is 0 Å². The van der Waals surface area contributed by atoms with Crippen molar-refractivity contribution in [2.24, 2.45) is 11.8 Å². The first-order chi connectivity index (χ1) is 9.04. The minimum atomic E-state index is -0.160. The average molecular weight is 262 g/mol. The van der Waals surface area contributed by atoms with Crippen molar-refractivity contribution in [2.75, 3.05) is 0 Å². The molecule has 1 aliphatic carbocycles. The van der Waals surface area contributed by atoms with Crippen LogP contribution in [-0.4, -0.2) is 5.26 Å². The SMILES string of the molecule is Cc1ccc(C(OO)C2CCC(C)CC2)c(C)c1C. The van der Waals surface area contributed by atoms with Crippen molar-refractivity contribution in [2.45, 2.75) is 59.5 Å². The van der Waals surface area contributed by atoms with Crippen LogP contribution in [0.25, 0.3) is 0 Å². The van der Waals surface area contributed by atoms with E-state index < -0.39 is 0 Å². The number of hydrogen-bond acceptors (Lipinski definition) is 2. The summed E-state index contributed by atoms with van der Waals surface area (Å²) in [5, 5.41) is 9.38. The fourth-order valence-electron chi connectivity index (χ4n) is 3.27. The number of aryl methyl sites for hydroxylation is 1. The topological polar surface area (TPSA) is 29.5 Å². The summed E-state index contributed by atoms with van der Waals surface area (Å²) in [7, 11) is 0. The first kappa shape index (κ1) is 14.5. The highest BCUT2D eigenvalue weighted by Gasteiger charge is 2.29. The molecule has 0 spiro atoms. The largest absolute Gasteiger partial charge is 0.251 e. The summed E-state index contributed by atoms with van der Waals surface area (Å²) in [5.41, 5.74) is 5.03. The van der Waals surface area contributed by atoms with E-state index in [4.69, 9.17) is 4.89 Å². The molecule has 1 N–H and O–H groups in total. The zero-order chi connectivity index (χ0) is 14.0. The maximum atomic E-state index is 9.38. The van der Waals surface area contributed by atoms with Gasteiger partial charge in [0.05, 0.1) is 0 Å². The van der Waals surface area contributed by atoms with Crippen molar-refractivity contribution in [1.82, 2.24) is 0 Å². The zero-order valence-corrected chi connectivity index (χ0v) is 12.6. The van der Waals surface area contributed by atoms with E-state index in [1.165, 1.54) is 29.5 Å². The number of rotatable bonds is 3. The van der Waals surface area contributed by atoms with E-state index in [9.17, 15) is 5.26 Å². The minimum absolute atomic E-state index is 0.160. The number of benzene rings is 1. The summed E-state index contributed by atoms with van der Waals surface area (Å²) in [6, 6.07) is 4.26. The summed E-state index contributed by atoms with van der Waals surface area (Å²) < 4.78 is 0. The predicted molar refractivity (Wildman–Crippen MR) is 78.2 cm³/mol. The minimum Gasteiger partial charge on any atom is -0.251 e. The van der Waals surface area contributed by atoms with Gasteiger partial charge in [-0.3, -0.25) is 5.26 Å². The molecule has 1 aromatic carbocycles. The molecule has 0 amide bonds. The van der Waals surface area contributed by atoms with E-state index in [1.54, 1.807) is 0 Å². The molecule has 1 unspecified atom stereocenters. The van der Waals surface area contributed by atoms with Crippen LogP contribution >= 0.6 is 0 Å². The lowest BCUT2D eigenvalue weighted by atomic mass is 9.77. The van der Waals surface area contributed by atoms with Crippen LogP contribution in [0.5, 0.6) is 0 Å². The maximum Gasteiger partial charge on any atom is 0.121 e. The molecule has 0 radical (unpaired) electrons. The molecule has 106 valence electrons. The molecule has 0 aromatic heterocycles. The summed E-state index contributed by atoms with van der Waals surface area (Å²) in [4.78, 5) is 4.89. The fourth-order valence-corrected chi connectivity index (χ4v) is 3.27. The third kappa shape index (κ3) is 3.01. The summed E-state index contributed by atoms with van der Waals surface area (Å²) in [5.74, 6) is 1.26. The van der Waals surface area contributed by atoms with Gasteiger partial charge in [-0.25, -0.2) is 4.89 Å². The Kier molecular flexibility index (Phi) is 4.64. The molecule has 2 heteroatoms. The van der Waals surface area contributed by atoms with E-state index in [1.807, 2.05) is 0 Å². The smallest absolute Gasteiger partial charge is 0.121 e. The Balaban J connectivity index is 2.25. The third-order valence-electron chi connectivity index (χ3n) is 5.01. The molecule has 0 saturated heterocycles. The lowest BCUT2D eigenvalue weighted by molar-refractivity contribution is -0.296. The molecule has 0 bridgehead atoms. The van der Waals surface area contributed by atoms with Gasteiger partial charge in [0.1, 0.15) is 6.10 Å². The van der Waals surface area contributed by atoms with Crippen LogP contribution in [0.15, 0.2) is 12.1 Å². The summed E-state index contributed by atoms with van der Waals surface area (Å²) in [6.45, 7) is 8.72. The second kappa shape index (κ2) is 6.06. The molecule has 1 aromatic rings. The van der Waals surface area contributed by atoms with Gasteiger partial charge in [0, 0.05) is 0 Å². The van der Waals surface area contributed by atoms with Crippen LogP contribution in [0.4, 0.5) is 0 Å². The highest BCUT2D eigenvalue weighted by molar-refractivity contribution is 5.40. The molecule has 19 heavy (non-hydrogen) atoms. The first-order valence-electron chi connectivity index (χ1n) is 7.41. The quantitative estimate of drug-likeness (QED) is 0.615. The molecule has 1 fully saturated rings. The van der Waals surface area contributed by atoms with Crippen LogP contribution in [-0.2, 0) is 4.89 Å². The fraction of sp³-hybridized carbons (Fsp3) is 0.647. The lowest BCUT2D eigenvalue weighted by Crippen LogP contribution is -2.22. The second-order valence-corrected chi connectivity index (χ2v) is 6.27. The van der Waals surface area contributed by atoms with E-state index >= 15 is 0 Å². The van der Waals surface area contributed by atoms with Gasteiger partial charge in [-0.1, -0.05) is 31.9 Å². The monoisotopic (exact) mass is 262 g/mol. The van der Waals surface area contributed by atoms with Crippen molar-refractivity contribution in [1.29, 1.82) is 0 Å². The molecule has 2 nitrogen and oxygen atoms in total. The van der Waals surface area contributed by atoms with Crippen molar-refractivity contribution < 1.29 is 10.1 Å². The van der Waals surface area contributed by atoms with Gasteiger partial charge in [-0.15, -0.1) is 0 Å². The highest BCUT2D eigenvalue weighted by atomic mass is 17.1. The van der Waals surface area contributed by atoms with Crippen molar-refractivity contribution in [3.05, 3.63) is 34.4 Å². The lowest BCUT2D eigenvalue weighted by Gasteiger charge is -2.32. The van der Waals surface area contributed by atoms with Crippen molar-refractivity contribution in [3.8, 4) is 0 Å². The van der Waals surface area contributed by atoms with E-state index in [0.717, 1.165) is 24.3 Å².